The Bertz CT molecular complexity index is 1500. The van der Waals surface area contributed by atoms with Crippen LogP contribution in [0.5, 0.6) is 0 Å². The Morgan fingerprint density at radius 1 is 1.17 bits per heavy atom. The third-order valence-electron chi connectivity index (χ3n) is 6.12. The molecule has 3 aromatic heterocycles. The van der Waals surface area contributed by atoms with Crippen molar-refractivity contribution in [2.75, 3.05) is 6.61 Å². The van der Waals surface area contributed by atoms with Crippen LogP contribution < -0.4 is 4.72 Å². The number of sulfonamides is 1. The Hall–Kier alpha value is -2.40. The van der Waals surface area contributed by atoms with Gasteiger partial charge in [0.05, 0.1) is 34.3 Å². The minimum absolute atomic E-state index is 0.384. The number of rotatable bonds is 8. The molecular formula is C25H24ClN3O4S2. The van der Waals surface area contributed by atoms with Gasteiger partial charge in [0.25, 0.3) is 0 Å². The number of aromatic nitrogens is 2. The summed E-state index contributed by atoms with van der Waals surface area (Å²) in [4.78, 5) is 9.66. The van der Waals surface area contributed by atoms with Gasteiger partial charge >= 0.3 is 0 Å². The van der Waals surface area contributed by atoms with E-state index in [0.29, 0.717) is 34.8 Å². The highest BCUT2D eigenvalue weighted by atomic mass is 35.5. The molecule has 182 valence electrons. The van der Waals surface area contributed by atoms with Gasteiger partial charge in [-0.2, -0.15) is 0 Å². The Morgan fingerprint density at radius 2 is 1.97 bits per heavy atom. The van der Waals surface area contributed by atoms with Gasteiger partial charge in [0.15, 0.2) is 0 Å². The van der Waals surface area contributed by atoms with Crippen LogP contribution in [0.2, 0.25) is 5.02 Å². The van der Waals surface area contributed by atoms with Crippen molar-refractivity contribution < 1.29 is 18.6 Å². The molecule has 0 saturated heterocycles. The van der Waals surface area contributed by atoms with Crippen molar-refractivity contribution in [2.24, 2.45) is 0 Å². The van der Waals surface area contributed by atoms with E-state index in [0.717, 1.165) is 20.5 Å². The number of aliphatic hydroxyl groups excluding tert-OH is 1. The second kappa shape index (κ2) is 9.24. The van der Waals surface area contributed by atoms with E-state index < -0.39 is 28.3 Å². The van der Waals surface area contributed by atoms with E-state index >= 15 is 0 Å². The molecule has 10 heteroatoms. The average Bonchev–Trinajstić information content (AvgIpc) is 3.63. The number of nitrogens with zero attached hydrogens (tertiary/aromatic N) is 2. The molecule has 3 N–H and O–H groups in total. The number of hydrogen-bond acceptors (Lipinski definition) is 7. The zero-order chi connectivity index (χ0) is 24.8. The first-order valence-electron chi connectivity index (χ1n) is 11.1. The number of nitrogens with one attached hydrogen (secondary N) is 1. The van der Waals surface area contributed by atoms with Gasteiger partial charge in [0, 0.05) is 27.5 Å². The standard InChI is InChI=1S/C25H24ClN3O4S2/c1-25(31,14-30)16-9-11-27-20(13-16)18-5-2-4-15-12-21(34-24(15)18)23(22-19(26)6-3-10-28-22)29-35(32,33)17-7-8-17/h2-6,9-13,17,23,29-31H,7-8,14H2,1H3/t23-,25+/m0/s1. The fourth-order valence-electron chi connectivity index (χ4n) is 3.93. The fraction of sp³-hybridized carbons (Fsp3) is 0.280. The summed E-state index contributed by atoms with van der Waals surface area (Å²) in [7, 11) is -3.53. The smallest absolute Gasteiger partial charge is 0.215 e. The van der Waals surface area contributed by atoms with E-state index in [2.05, 4.69) is 14.7 Å². The van der Waals surface area contributed by atoms with E-state index in [-0.39, 0.29) is 5.25 Å². The third-order valence-corrected chi connectivity index (χ3v) is 9.60. The summed E-state index contributed by atoms with van der Waals surface area (Å²) in [6, 6.07) is 13.8. The molecule has 2 atom stereocenters. The number of benzene rings is 1. The molecule has 1 aliphatic rings. The van der Waals surface area contributed by atoms with Gasteiger partial charge in [-0.05, 0) is 61.0 Å². The Labute approximate surface area is 212 Å². The van der Waals surface area contributed by atoms with Crippen LogP contribution >= 0.6 is 22.9 Å². The van der Waals surface area contributed by atoms with Crippen LogP contribution in [0.1, 0.15) is 41.9 Å². The molecular weight excluding hydrogens is 506 g/mol. The molecule has 1 fully saturated rings. The molecule has 0 aliphatic heterocycles. The van der Waals surface area contributed by atoms with Crippen LogP contribution in [0.25, 0.3) is 21.3 Å². The molecule has 35 heavy (non-hydrogen) atoms. The third kappa shape index (κ3) is 4.84. The highest BCUT2D eigenvalue weighted by Crippen LogP contribution is 2.41. The second-order valence-corrected chi connectivity index (χ2v) is 12.4. The van der Waals surface area contributed by atoms with E-state index in [1.54, 1.807) is 43.6 Å². The molecule has 0 amide bonds. The van der Waals surface area contributed by atoms with Gasteiger partial charge in [-0.3, -0.25) is 9.97 Å². The van der Waals surface area contributed by atoms with E-state index in [1.165, 1.54) is 11.3 Å². The van der Waals surface area contributed by atoms with Crippen LogP contribution in [0.3, 0.4) is 0 Å². The van der Waals surface area contributed by atoms with E-state index in [4.69, 9.17) is 11.6 Å². The maximum absolute atomic E-state index is 12.9. The predicted molar refractivity (Wildman–Crippen MR) is 138 cm³/mol. The van der Waals surface area contributed by atoms with E-state index in [1.807, 2.05) is 24.3 Å². The molecule has 0 unspecified atom stereocenters. The average molecular weight is 530 g/mol. The maximum atomic E-state index is 12.9. The zero-order valence-electron chi connectivity index (χ0n) is 18.8. The van der Waals surface area contributed by atoms with Crippen LogP contribution in [0.4, 0.5) is 0 Å². The topological polar surface area (TPSA) is 112 Å². The summed E-state index contributed by atoms with van der Waals surface area (Å²) in [6.45, 7) is 1.13. The summed E-state index contributed by atoms with van der Waals surface area (Å²) in [5, 5.41) is 21.0. The van der Waals surface area contributed by atoms with Crippen LogP contribution in [0.15, 0.2) is 60.9 Å². The molecule has 3 heterocycles. The minimum atomic E-state index is -3.53. The van der Waals surface area contributed by atoms with Crippen molar-refractivity contribution in [1.82, 2.24) is 14.7 Å². The summed E-state index contributed by atoms with van der Waals surface area (Å²) in [6.07, 6.45) is 4.49. The number of halogens is 1. The van der Waals surface area contributed by atoms with Crippen LogP contribution in [-0.2, 0) is 15.6 Å². The van der Waals surface area contributed by atoms with Gasteiger partial charge < -0.3 is 10.2 Å². The summed E-state index contributed by atoms with van der Waals surface area (Å²) < 4.78 is 29.5. The lowest BCUT2D eigenvalue weighted by molar-refractivity contribution is -0.00230. The number of thiophene rings is 1. The van der Waals surface area contributed by atoms with Gasteiger partial charge in [-0.25, -0.2) is 13.1 Å². The van der Waals surface area contributed by atoms with Crippen molar-refractivity contribution in [2.45, 2.75) is 36.7 Å². The van der Waals surface area contributed by atoms with Gasteiger partial charge in [-0.1, -0.05) is 29.8 Å². The summed E-state index contributed by atoms with van der Waals surface area (Å²) >= 11 is 7.89. The largest absolute Gasteiger partial charge is 0.393 e. The minimum Gasteiger partial charge on any atom is -0.393 e. The molecule has 0 bridgehead atoms. The lowest BCUT2D eigenvalue weighted by atomic mass is 9.96. The normalized spacial score (nSPS) is 16.8. The van der Waals surface area contributed by atoms with Gasteiger partial charge in [-0.15, -0.1) is 11.3 Å². The van der Waals surface area contributed by atoms with E-state index in [9.17, 15) is 18.6 Å². The van der Waals surface area contributed by atoms with Gasteiger partial charge in [0.2, 0.25) is 10.0 Å². The maximum Gasteiger partial charge on any atom is 0.215 e. The molecule has 0 radical (unpaired) electrons. The van der Waals surface area contributed by atoms with Crippen LogP contribution in [0, 0.1) is 0 Å². The number of aliphatic hydroxyl groups is 2. The fourth-order valence-corrected chi connectivity index (χ4v) is 6.99. The Morgan fingerprint density at radius 3 is 2.69 bits per heavy atom. The number of hydrogen-bond donors (Lipinski definition) is 3. The summed E-state index contributed by atoms with van der Waals surface area (Å²) in [5.41, 5.74) is 1.08. The zero-order valence-corrected chi connectivity index (χ0v) is 21.2. The predicted octanol–water partition coefficient (Wildman–Crippen LogP) is 4.38. The highest BCUT2D eigenvalue weighted by Gasteiger charge is 2.38. The lowest BCUT2D eigenvalue weighted by Crippen LogP contribution is -2.32. The monoisotopic (exact) mass is 529 g/mol. The Kier molecular flexibility index (Phi) is 6.41. The number of pyridine rings is 2. The van der Waals surface area contributed by atoms with Crippen molar-refractivity contribution >= 4 is 43.0 Å². The molecule has 1 aliphatic carbocycles. The van der Waals surface area contributed by atoms with Crippen molar-refractivity contribution in [3.63, 3.8) is 0 Å². The lowest BCUT2D eigenvalue weighted by Gasteiger charge is -2.21. The van der Waals surface area contributed by atoms with Crippen LogP contribution in [-0.4, -0.2) is 40.5 Å². The second-order valence-electron chi connectivity index (χ2n) is 8.90. The van der Waals surface area contributed by atoms with Crippen molar-refractivity contribution in [3.8, 4) is 11.3 Å². The van der Waals surface area contributed by atoms with Gasteiger partial charge in [0.1, 0.15) is 5.60 Å². The first-order chi connectivity index (χ1) is 16.7. The highest BCUT2D eigenvalue weighted by molar-refractivity contribution is 7.90. The Balaban J connectivity index is 1.62. The molecule has 1 saturated carbocycles. The molecule has 5 rings (SSSR count). The number of fused-ring (bicyclic) bond motifs is 1. The van der Waals surface area contributed by atoms with Crippen molar-refractivity contribution in [1.29, 1.82) is 0 Å². The SMILES string of the molecule is C[C@@](O)(CO)c1ccnc(-c2cccc3cc([C@H](NS(=O)(=O)C4CC4)c4ncccc4Cl)sc23)c1. The first-order valence-corrected chi connectivity index (χ1v) is 13.9. The molecule has 1 aromatic carbocycles. The molecule has 0 spiro atoms. The first kappa shape index (κ1) is 24.3. The summed E-state index contributed by atoms with van der Waals surface area (Å²) in [5.74, 6) is 0. The molecule has 4 aromatic rings. The molecule has 7 nitrogen and oxygen atoms in total. The quantitative estimate of drug-likeness (QED) is 0.312. The van der Waals surface area contributed by atoms with Crippen molar-refractivity contribution in [3.05, 3.63) is 82.1 Å².